The fourth-order valence-corrected chi connectivity index (χ4v) is 9.13. The molecule has 2 aromatic carbocycles. The van der Waals surface area contributed by atoms with E-state index in [9.17, 15) is 39.6 Å². The van der Waals surface area contributed by atoms with Crippen LogP contribution in [0.25, 0.3) is 21.9 Å². The number of amides is 2. The molecule has 0 aliphatic carbocycles. The summed E-state index contributed by atoms with van der Waals surface area (Å²) in [6, 6.07) is 5.91. The maximum atomic E-state index is 12.8. The molecule has 0 radical (unpaired) electrons. The van der Waals surface area contributed by atoms with Gasteiger partial charge in [-0.2, -0.15) is 11.0 Å². The number of terminal acetylenes is 3. The lowest BCUT2D eigenvalue weighted by atomic mass is 9.85. The summed E-state index contributed by atoms with van der Waals surface area (Å²) in [4.78, 5) is 69.4. The summed E-state index contributed by atoms with van der Waals surface area (Å²) in [6.07, 6.45) is 6.52. The van der Waals surface area contributed by atoms with Gasteiger partial charge in [0.05, 0.1) is 22.2 Å². The van der Waals surface area contributed by atoms with Crippen LogP contribution >= 0.6 is 0 Å². The average Bonchev–Trinajstić information content (AvgIpc) is 2.40. The van der Waals surface area contributed by atoms with Gasteiger partial charge in [-0.15, -0.1) is 32.4 Å². The highest BCUT2D eigenvalue weighted by Gasteiger charge is 2.56. The van der Waals surface area contributed by atoms with Crippen molar-refractivity contribution >= 4 is 45.5 Å². The zero-order chi connectivity index (χ0) is 60.6. The molecule has 26 nitrogen and oxygen atoms in total. The second kappa shape index (κ2) is 28.7. The van der Waals surface area contributed by atoms with E-state index in [4.69, 9.17) is 85.3 Å². The lowest BCUT2D eigenvalue weighted by molar-refractivity contribution is -0.309. The molecular weight excluding hydrogens is 1080 g/mol. The van der Waals surface area contributed by atoms with E-state index in [2.05, 4.69) is 41.2 Å². The van der Waals surface area contributed by atoms with Gasteiger partial charge in [-0.05, 0) is 78.6 Å². The number of nitrogens with zero attached hydrogens (tertiary/aromatic N) is 2. The second-order valence-electron chi connectivity index (χ2n) is 18.4. The minimum Gasteiger partial charge on any atom is -0.506 e. The van der Waals surface area contributed by atoms with Crippen LogP contribution in [0, 0.1) is 50.9 Å². The number of nitrogens with one attached hydrogen (secondary N) is 2. The summed E-state index contributed by atoms with van der Waals surface area (Å²) in [6.45, 7) is 16.4. The van der Waals surface area contributed by atoms with Crippen molar-refractivity contribution in [1.29, 1.82) is 0 Å². The van der Waals surface area contributed by atoms with E-state index in [0.29, 0.717) is 11.1 Å². The van der Waals surface area contributed by atoms with E-state index in [1.165, 1.54) is 59.4 Å². The van der Waals surface area contributed by atoms with Gasteiger partial charge < -0.3 is 76.8 Å². The van der Waals surface area contributed by atoms with Crippen LogP contribution < -0.4 is 31.7 Å². The highest BCUT2D eigenvalue weighted by Crippen LogP contribution is 2.41. The number of benzene rings is 2. The standard InChI is InChI=1S/C29H32N2O11.C27H32N2O11/c1-8-13-29(6)25(36-7)22(33)24(41-28(35)31-38-15-10-3)27(42-29)39-19-12-11-18-21(32)20(17(5)30-37-14-9-2)26(34)40-23(18)16(19)4;1-8-12-27(5)23(34-6)22(39-26(33)29-36-13-9-2)20(31)25(40-27)37-17-11-10-16-19(30)18(15(4)28-35-7)24(32)38-21(16)14(17)3/h2-3,8,11-12,22,24-25,27,32-33H,1,13-15H2,4-7H3,(H,31,35);2,8,10-11,20,22-23,25,30-31H,1,12-13H2,3-7H3,(H,29,33)/b30-17+;28-15+/t22-,24+,25+,27?,29-;20-,22+,23-,25?,27+/m01/s1. The Hall–Kier alpha value is -8.62. The Labute approximate surface area is 470 Å². The number of hydroxylamine groups is 2. The normalized spacial score (nSPS) is 24.2. The number of fused-ring (bicyclic) bond motifs is 2. The lowest BCUT2D eigenvalue weighted by Crippen LogP contribution is -2.66. The first-order valence-electron chi connectivity index (χ1n) is 24.7. The molecule has 6 rings (SSSR count). The zero-order valence-electron chi connectivity index (χ0n) is 46.3. The molecular formula is C56H64N4O22. The van der Waals surface area contributed by atoms with E-state index in [1.54, 1.807) is 39.8 Å². The van der Waals surface area contributed by atoms with E-state index >= 15 is 0 Å². The van der Waals surface area contributed by atoms with Gasteiger partial charge in [0.15, 0.2) is 24.9 Å². The monoisotopic (exact) mass is 1140 g/mol. The van der Waals surface area contributed by atoms with Gasteiger partial charge in [0.25, 0.3) is 0 Å². The third kappa shape index (κ3) is 14.3. The van der Waals surface area contributed by atoms with E-state index in [1.807, 2.05) is 11.0 Å². The Morgan fingerprint density at radius 2 is 1.12 bits per heavy atom. The van der Waals surface area contributed by atoms with E-state index < -0.39 is 89.6 Å². The predicted molar refractivity (Wildman–Crippen MR) is 291 cm³/mol. The van der Waals surface area contributed by atoms with Crippen LogP contribution in [0.2, 0.25) is 0 Å². The molecule has 0 bridgehead atoms. The minimum absolute atomic E-state index is 0.00830. The van der Waals surface area contributed by atoms with Gasteiger partial charge in [0.1, 0.15) is 95.1 Å². The molecule has 2 saturated heterocycles. The summed E-state index contributed by atoms with van der Waals surface area (Å²) in [5.74, 6) is 6.15. The number of hydrogen-bond donors (Lipinski definition) is 6. The Morgan fingerprint density at radius 3 is 1.57 bits per heavy atom. The summed E-state index contributed by atoms with van der Waals surface area (Å²) < 4.78 is 57.3. The van der Waals surface area contributed by atoms with Crippen molar-refractivity contribution in [2.24, 2.45) is 10.3 Å². The average molecular weight is 1150 g/mol. The topological polar surface area (TPSA) is 335 Å². The van der Waals surface area contributed by atoms with Crippen LogP contribution in [0.1, 0.15) is 62.8 Å². The highest BCUT2D eigenvalue weighted by molar-refractivity contribution is 6.05. The van der Waals surface area contributed by atoms with Crippen molar-refractivity contribution in [2.75, 3.05) is 41.2 Å². The smallest absolute Gasteiger partial charge is 0.431 e. The fraction of sp³-hybridized carbons (Fsp3) is 0.429. The summed E-state index contributed by atoms with van der Waals surface area (Å²) in [7, 11) is 4.06. The molecule has 26 heteroatoms. The van der Waals surface area contributed by atoms with Gasteiger partial charge in [-0.1, -0.05) is 40.2 Å². The molecule has 2 aliphatic rings. The number of carbonyl (C=O) groups is 2. The Bertz CT molecular complexity index is 3300. The quantitative estimate of drug-likeness (QED) is 0.0166. The highest BCUT2D eigenvalue weighted by atomic mass is 16.8. The lowest BCUT2D eigenvalue weighted by Gasteiger charge is -2.48. The molecule has 4 heterocycles. The van der Waals surface area contributed by atoms with Gasteiger partial charge in [-0.25, -0.2) is 19.2 Å². The first-order valence-corrected chi connectivity index (χ1v) is 24.7. The molecule has 4 aromatic rings. The van der Waals surface area contributed by atoms with Crippen molar-refractivity contribution in [1.82, 2.24) is 11.0 Å². The molecule has 0 saturated carbocycles. The Kier molecular flexibility index (Phi) is 22.5. The summed E-state index contributed by atoms with van der Waals surface area (Å²) in [5, 5.41) is 51.9. The van der Waals surface area contributed by atoms with Crippen LogP contribution in [-0.4, -0.2) is 146 Å². The maximum absolute atomic E-state index is 12.8. The predicted octanol–water partition coefficient (Wildman–Crippen LogP) is 4.57. The van der Waals surface area contributed by atoms with E-state index in [0.717, 1.165) is 0 Å². The second-order valence-corrected chi connectivity index (χ2v) is 18.4. The Balaban J connectivity index is 0.000000301. The number of ether oxygens (including phenoxy) is 8. The third-order valence-corrected chi connectivity index (χ3v) is 12.8. The largest absolute Gasteiger partial charge is 0.506 e. The molecule has 2 aromatic heterocycles. The maximum Gasteiger partial charge on any atom is 0.431 e. The molecule has 2 unspecified atom stereocenters. The van der Waals surface area contributed by atoms with Gasteiger partial charge in [0.2, 0.25) is 12.6 Å². The van der Waals surface area contributed by atoms with Crippen LogP contribution in [0.5, 0.6) is 23.0 Å². The van der Waals surface area contributed by atoms with Crippen molar-refractivity contribution < 1.29 is 96.1 Å². The molecule has 440 valence electrons. The number of aliphatic hydroxyl groups excluding tert-OH is 2. The fourth-order valence-electron chi connectivity index (χ4n) is 9.13. The summed E-state index contributed by atoms with van der Waals surface area (Å²) in [5.41, 5.74) is 0.485. The first-order chi connectivity index (χ1) is 39.0. The third-order valence-electron chi connectivity index (χ3n) is 12.8. The number of aromatic hydroxyl groups is 2. The molecule has 82 heavy (non-hydrogen) atoms. The van der Waals surface area contributed by atoms with Crippen LogP contribution in [-0.2, 0) is 47.8 Å². The van der Waals surface area contributed by atoms with Crippen molar-refractivity contribution in [3.05, 3.63) is 92.7 Å². The molecule has 2 amide bonds. The van der Waals surface area contributed by atoms with Crippen LogP contribution in [0.3, 0.4) is 0 Å². The van der Waals surface area contributed by atoms with Crippen molar-refractivity contribution in [3.8, 4) is 60.0 Å². The number of carbonyl (C=O) groups excluding carboxylic acids is 2. The molecule has 10 atom stereocenters. The van der Waals surface area contributed by atoms with E-state index in [-0.39, 0.29) is 94.4 Å². The van der Waals surface area contributed by atoms with Crippen LogP contribution in [0.4, 0.5) is 9.59 Å². The van der Waals surface area contributed by atoms with Gasteiger partial charge >= 0.3 is 23.4 Å². The number of rotatable bonds is 21. The van der Waals surface area contributed by atoms with Crippen molar-refractivity contribution in [3.63, 3.8) is 0 Å². The van der Waals surface area contributed by atoms with Crippen molar-refractivity contribution in [2.45, 2.75) is 115 Å². The molecule has 6 N–H and O–H groups in total. The first kappa shape index (κ1) is 64.2. The number of hydrogen-bond acceptors (Lipinski definition) is 24. The Morgan fingerprint density at radius 1 is 0.683 bits per heavy atom. The van der Waals surface area contributed by atoms with Crippen LogP contribution in [0.15, 0.2) is 78.3 Å². The number of aryl methyl sites for hydroxylation is 2. The zero-order valence-corrected chi connectivity index (χ0v) is 46.3. The summed E-state index contributed by atoms with van der Waals surface area (Å²) >= 11 is 0. The number of oxime groups is 2. The van der Waals surface area contributed by atoms with Gasteiger partial charge in [-0.3, -0.25) is 9.68 Å². The number of methoxy groups -OCH3 is 2. The van der Waals surface area contributed by atoms with Gasteiger partial charge in [0, 0.05) is 25.3 Å². The minimum atomic E-state index is -1.55. The molecule has 2 aliphatic heterocycles. The SMILES string of the molecule is C#CCO/N=C(\C)c1c(O)c2ccc(OC3O[C@@](C)(CC=C)[C@H](OC)[C@@H](O)[C@H]3OC(=O)NOCC#C)c(C)c2oc1=O.C#CCONC(=O)O[C@@H]1[C@@H](OC)[C@](C)(CC=C)OC(Oc2ccc3c(O)c(/C(C)=N/OC)c(=O)oc3c2C)[C@@H]1O. The molecule has 2 fully saturated rings. The number of aliphatic hydroxyl groups is 2. The molecule has 0 spiro atoms.